The number of nitrogens with zero attached hydrogens (tertiary/aromatic N) is 2. The van der Waals surface area contributed by atoms with Crippen molar-refractivity contribution < 1.29 is 0 Å². The SMILES string of the molecule is CCN1CCC(Nc2nccs2)CC1. The van der Waals surface area contributed by atoms with Crippen molar-refractivity contribution in [3.05, 3.63) is 11.6 Å². The minimum Gasteiger partial charge on any atom is -0.359 e. The summed E-state index contributed by atoms with van der Waals surface area (Å²) in [6.45, 7) is 5.86. The first-order chi connectivity index (χ1) is 6.88. The highest BCUT2D eigenvalue weighted by Gasteiger charge is 2.17. The van der Waals surface area contributed by atoms with Crippen LogP contribution in [0.2, 0.25) is 0 Å². The Morgan fingerprint density at radius 2 is 2.36 bits per heavy atom. The molecule has 1 saturated heterocycles. The molecule has 0 bridgehead atoms. The van der Waals surface area contributed by atoms with Gasteiger partial charge in [-0.2, -0.15) is 0 Å². The van der Waals surface area contributed by atoms with Crippen LogP contribution in [0.3, 0.4) is 0 Å². The maximum atomic E-state index is 4.24. The zero-order valence-corrected chi connectivity index (χ0v) is 9.39. The largest absolute Gasteiger partial charge is 0.359 e. The lowest BCUT2D eigenvalue weighted by atomic mass is 10.1. The summed E-state index contributed by atoms with van der Waals surface area (Å²) in [4.78, 5) is 6.74. The minimum absolute atomic E-state index is 0.629. The van der Waals surface area contributed by atoms with Crippen LogP contribution in [0.15, 0.2) is 11.6 Å². The Balaban J connectivity index is 1.79. The zero-order chi connectivity index (χ0) is 9.80. The maximum Gasteiger partial charge on any atom is 0.182 e. The first-order valence-corrected chi connectivity index (χ1v) is 6.15. The van der Waals surface area contributed by atoms with Gasteiger partial charge in [0.2, 0.25) is 0 Å². The molecular weight excluding hydrogens is 194 g/mol. The molecule has 4 heteroatoms. The van der Waals surface area contributed by atoms with Gasteiger partial charge in [0.05, 0.1) is 0 Å². The Kier molecular flexibility index (Phi) is 3.37. The number of nitrogens with one attached hydrogen (secondary N) is 1. The predicted octanol–water partition coefficient (Wildman–Crippen LogP) is 2.04. The standard InChI is InChI=1S/C10H17N3S/c1-2-13-6-3-9(4-7-13)12-10-11-5-8-14-10/h5,8-9H,2-4,6-7H2,1H3,(H,11,12). The Bertz CT molecular complexity index is 252. The normalized spacial score (nSPS) is 19.8. The highest BCUT2D eigenvalue weighted by Crippen LogP contribution is 2.17. The van der Waals surface area contributed by atoms with E-state index in [-0.39, 0.29) is 0 Å². The van der Waals surface area contributed by atoms with Crippen LogP contribution in [0.1, 0.15) is 19.8 Å². The molecular formula is C10H17N3S. The molecule has 1 fully saturated rings. The quantitative estimate of drug-likeness (QED) is 0.829. The molecule has 0 unspecified atom stereocenters. The molecule has 0 saturated carbocycles. The number of hydrogen-bond donors (Lipinski definition) is 1. The summed E-state index contributed by atoms with van der Waals surface area (Å²) >= 11 is 1.69. The van der Waals surface area contributed by atoms with E-state index in [1.54, 1.807) is 11.3 Å². The predicted molar refractivity (Wildman–Crippen MR) is 60.9 cm³/mol. The van der Waals surface area contributed by atoms with Crippen molar-refractivity contribution in [1.82, 2.24) is 9.88 Å². The van der Waals surface area contributed by atoms with Crippen LogP contribution in [0, 0.1) is 0 Å². The number of piperidine rings is 1. The Morgan fingerprint density at radius 3 is 2.93 bits per heavy atom. The second kappa shape index (κ2) is 4.75. The van der Waals surface area contributed by atoms with Crippen molar-refractivity contribution in [3.8, 4) is 0 Å². The lowest BCUT2D eigenvalue weighted by Gasteiger charge is -2.31. The van der Waals surface area contributed by atoms with Gasteiger partial charge in [0.15, 0.2) is 5.13 Å². The Labute approximate surface area is 89.1 Å². The molecule has 3 nitrogen and oxygen atoms in total. The highest BCUT2D eigenvalue weighted by atomic mass is 32.1. The van der Waals surface area contributed by atoms with E-state index in [4.69, 9.17) is 0 Å². The molecule has 2 rings (SSSR count). The van der Waals surface area contributed by atoms with Crippen molar-refractivity contribution in [3.63, 3.8) is 0 Å². The van der Waals surface area contributed by atoms with Crippen molar-refractivity contribution >= 4 is 16.5 Å². The van der Waals surface area contributed by atoms with Crippen molar-refractivity contribution in [2.75, 3.05) is 25.0 Å². The van der Waals surface area contributed by atoms with E-state index < -0.39 is 0 Å². The first-order valence-electron chi connectivity index (χ1n) is 5.27. The summed E-state index contributed by atoms with van der Waals surface area (Å²) in [5.74, 6) is 0. The molecule has 1 aliphatic heterocycles. The fraction of sp³-hybridized carbons (Fsp3) is 0.700. The minimum atomic E-state index is 0.629. The van der Waals surface area contributed by atoms with Gasteiger partial charge in [0, 0.05) is 30.7 Å². The molecule has 0 spiro atoms. The molecule has 1 aliphatic rings. The van der Waals surface area contributed by atoms with Gasteiger partial charge in [0.1, 0.15) is 0 Å². The summed E-state index contributed by atoms with van der Waals surface area (Å²) in [5, 5.41) is 6.57. The van der Waals surface area contributed by atoms with Crippen molar-refractivity contribution in [2.45, 2.75) is 25.8 Å². The molecule has 0 aliphatic carbocycles. The van der Waals surface area contributed by atoms with E-state index in [9.17, 15) is 0 Å². The topological polar surface area (TPSA) is 28.2 Å². The smallest absolute Gasteiger partial charge is 0.182 e. The molecule has 1 aromatic heterocycles. The van der Waals surface area contributed by atoms with Gasteiger partial charge in [0.25, 0.3) is 0 Å². The molecule has 78 valence electrons. The van der Waals surface area contributed by atoms with Crippen LogP contribution in [-0.4, -0.2) is 35.6 Å². The van der Waals surface area contributed by atoms with E-state index in [0.717, 1.165) is 5.13 Å². The Morgan fingerprint density at radius 1 is 1.57 bits per heavy atom. The summed E-state index contributed by atoms with van der Waals surface area (Å²) < 4.78 is 0. The van der Waals surface area contributed by atoms with Gasteiger partial charge in [-0.25, -0.2) is 4.98 Å². The maximum absolute atomic E-state index is 4.24. The van der Waals surface area contributed by atoms with Crippen LogP contribution in [-0.2, 0) is 0 Å². The van der Waals surface area contributed by atoms with Gasteiger partial charge in [-0.05, 0) is 19.4 Å². The van der Waals surface area contributed by atoms with E-state index >= 15 is 0 Å². The highest BCUT2D eigenvalue weighted by molar-refractivity contribution is 7.13. The van der Waals surface area contributed by atoms with E-state index in [2.05, 4.69) is 22.1 Å². The van der Waals surface area contributed by atoms with Gasteiger partial charge >= 0.3 is 0 Å². The van der Waals surface area contributed by atoms with Gasteiger partial charge < -0.3 is 10.2 Å². The number of thiazole rings is 1. The van der Waals surface area contributed by atoms with E-state index in [0.29, 0.717) is 6.04 Å². The molecule has 0 radical (unpaired) electrons. The Hall–Kier alpha value is -0.610. The van der Waals surface area contributed by atoms with Crippen LogP contribution in [0.4, 0.5) is 5.13 Å². The van der Waals surface area contributed by atoms with Crippen LogP contribution < -0.4 is 5.32 Å². The molecule has 0 amide bonds. The molecule has 0 aromatic carbocycles. The second-order valence-corrected chi connectivity index (χ2v) is 4.58. The third kappa shape index (κ3) is 2.45. The van der Waals surface area contributed by atoms with Crippen LogP contribution >= 0.6 is 11.3 Å². The molecule has 2 heterocycles. The third-order valence-corrected chi connectivity index (χ3v) is 3.50. The van der Waals surface area contributed by atoms with Crippen molar-refractivity contribution in [1.29, 1.82) is 0 Å². The monoisotopic (exact) mass is 211 g/mol. The number of likely N-dealkylation sites (tertiary alicyclic amines) is 1. The van der Waals surface area contributed by atoms with Crippen molar-refractivity contribution in [2.24, 2.45) is 0 Å². The molecule has 14 heavy (non-hydrogen) atoms. The lowest BCUT2D eigenvalue weighted by Crippen LogP contribution is -2.38. The van der Waals surface area contributed by atoms with E-state index in [1.165, 1.54) is 32.5 Å². The van der Waals surface area contributed by atoms with Gasteiger partial charge in [-0.1, -0.05) is 6.92 Å². The summed E-state index contributed by atoms with van der Waals surface area (Å²) in [6, 6.07) is 0.629. The molecule has 0 atom stereocenters. The fourth-order valence-electron chi connectivity index (χ4n) is 1.86. The molecule has 1 aromatic rings. The summed E-state index contributed by atoms with van der Waals surface area (Å²) in [5.41, 5.74) is 0. The van der Waals surface area contributed by atoms with Gasteiger partial charge in [-0.15, -0.1) is 11.3 Å². The zero-order valence-electron chi connectivity index (χ0n) is 8.57. The van der Waals surface area contributed by atoms with Crippen LogP contribution in [0.25, 0.3) is 0 Å². The number of aromatic nitrogens is 1. The molecule has 1 N–H and O–H groups in total. The number of hydrogen-bond acceptors (Lipinski definition) is 4. The fourth-order valence-corrected chi connectivity index (χ4v) is 2.47. The summed E-state index contributed by atoms with van der Waals surface area (Å²) in [7, 11) is 0. The third-order valence-electron chi connectivity index (χ3n) is 2.79. The second-order valence-electron chi connectivity index (χ2n) is 3.69. The van der Waals surface area contributed by atoms with E-state index in [1.807, 2.05) is 11.6 Å². The lowest BCUT2D eigenvalue weighted by molar-refractivity contribution is 0.229. The number of rotatable bonds is 3. The number of anilines is 1. The van der Waals surface area contributed by atoms with Gasteiger partial charge in [-0.3, -0.25) is 0 Å². The van der Waals surface area contributed by atoms with Crippen LogP contribution in [0.5, 0.6) is 0 Å². The average molecular weight is 211 g/mol. The average Bonchev–Trinajstić information content (AvgIpc) is 2.72. The summed E-state index contributed by atoms with van der Waals surface area (Å²) in [6.07, 6.45) is 4.34. The first kappa shape index (κ1) is 9.93.